The molecule has 0 radical (unpaired) electrons. The topological polar surface area (TPSA) is 90.5 Å². The zero-order valence-corrected chi connectivity index (χ0v) is 20.0. The van der Waals surface area contributed by atoms with Gasteiger partial charge in [0, 0.05) is 56.8 Å². The summed E-state index contributed by atoms with van der Waals surface area (Å²) in [6, 6.07) is 14.3. The van der Waals surface area contributed by atoms with Crippen molar-refractivity contribution in [3.63, 3.8) is 0 Å². The van der Waals surface area contributed by atoms with E-state index in [0.29, 0.717) is 42.5 Å². The molecular formula is C25H25ClN4O5. The number of halogens is 1. The molecule has 10 heteroatoms. The van der Waals surface area contributed by atoms with Gasteiger partial charge in [0.1, 0.15) is 0 Å². The number of piperazine rings is 1. The van der Waals surface area contributed by atoms with Gasteiger partial charge in [-0.1, -0.05) is 29.8 Å². The fraction of sp³-hybridized carbons (Fsp3) is 0.360. The highest BCUT2D eigenvalue weighted by molar-refractivity contribution is 6.30. The molecule has 5 rings (SSSR count). The lowest BCUT2D eigenvalue weighted by Crippen LogP contribution is -2.67. The number of amides is 3. The highest BCUT2D eigenvalue weighted by Crippen LogP contribution is 2.44. The first-order chi connectivity index (χ1) is 16.8. The van der Waals surface area contributed by atoms with E-state index in [-0.39, 0.29) is 30.6 Å². The smallest absolute Gasteiger partial charge is 0.354 e. The van der Waals surface area contributed by atoms with Crippen molar-refractivity contribution in [1.82, 2.24) is 9.80 Å². The number of likely N-dealkylation sites (N-methyl/N-ethyl adjacent to an activating group) is 1. The number of anilines is 2. The van der Waals surface area contributed by atoms with Crippen LogP contribution >= 0.6 is 11.6 Å². The number of nitrogens with zero attached hydrogens (tertiary/aromatic N) is 4. The predicted molar refractivity (Wildman–Crippen MR) is 129 cm³/mol. The van der Waals surface area contributed by atoms with Gasteiger partial charge in [-0.25, -0.2) is 4.79 Å². The zero-order valence-electron chi connectivity index (χ0n) is 19.3. The Kier molecular flexibility index (Phi) is 5.88. The second-order valence-corrected chi connectivity index (χ2v) is 9.29. The van der Waals surface area contributed by atoms with Gasteiger partial charge in [0.05, 0.1) is 11.3 Å². The van der Waals surface area contributed by atoms with E-state index in [1.54, 1.807) is 29.2 Å². The molecule has 3 aliphatic heterocycles. The molecule has 3 heterocycles. The van der Waals surface area contributed by atoms with Crippen molar-refractivity contribution in [3.05, 3.63) is 59.1 Å². The van der Waals surface area contributed by atoms with Crippen LogP contribution in [0, 0.1) is 0 Å². The first kappa shape index (κ1) is 23.2. The molecule has 9 nitrogen and oxygen atoms in total. The Morgan fingerprint density at radius 2 is 1.77 bits per heavy atom. The molecule has 0 aliphatic carbocycles. The SMILES string of the molecule is CN1C(=O)c2ccccc2N2C(=O)CCC12C(=O)OCC(=O)N1CCN(c2cccc(Cl)c2)CC1. The lowest BCUT2D eigenvalue weighted by atomic mass is 9.97. The average Bonchev–Trinajstić information content (AvgIpc) is 3.24. The quantitative estimate of drug-likeness (QED) is 0.602. The van der Waals surface area contributed by atoms with Crippen LogP contribution in [0.2, 0.25) is 5.02 Å². The second-order valence-electron chi connectivity index (χ2n) is 8.85. The van der Waals surface area contributed by atoms with Gasteiger partial charge in [0.2, 0.25) is 11.6 Å². The summed E-state index contributed by atoms with van der Waals surface area (Å²) >= 11 is 6.08. The number of hydrogen-bond donors (Lipinski definition) is 0. The Balaban J connectivity index is 1.26. The van der Waals surface area contributed by atoms with Crippen LogP contribution in [0.4, 0.5) is 11.4 Å². The first-order valence-corrected chi connectivity index (χ1v) is 11.9. The number of carbonyl (C=O) groups excluding carboxylic acids is 4. The predicted octanol–water partition coefficient (Wildman–Crippen LogP) is 2.14. The Hall–Kier alpha value is -3.59. The summed E-state index contributed by atoms with van der Waals surface area (Å²) in [5.41, 5.74) is 0.140. The van der Waals surface area contributed by atoms with Gasteiger partial charge in [-0.3, -0.25) is 19.3 Å². The van der Waals surface area contributed by atoms with E-state index in [2.05, 4.69) is 4.90 Å². The van der Waals surface area contributed by atoms with E-state index in [4.69, 9.17) is 16.3 Å². The van der Waals surface area contributed by atoms with Crippen molar-refractivity contribution in [2.45, 2.75) is 18.5 Å². The van der Waals surface area contributed by atoms with Crippen LogP contribution in [-0.4, -0.2) is 79.0 Å². The maximum Gasteiger partial charge on any atom is 0.354 e. The Bertz CT molecular complexity index is 1210. The number of rotatable bonds is 4. The Morgan fingerprint density at radius 3 is 2.51 bits per heavy atom. The Morgan fingerprint density at radius 1 is 1.03 bits per heavy atom. The van der Waals surface area contributed by atoms with Crippen LogP contribution in [0.3, 0.4) is 0 Å². The van der Waals surface area contributed by atoms with E-state index in [0.717, 1.165) is 5.69 Å². The molecular weight excluding hydrogens is 472 g/mol. The van der Waals surface area contributed by atoms with E-state index in [1.807, 2.05) is 24.3 Å². The monoisotopic (exact) mass is 496 g/mol. The molecule has 3 aliphatic rings. The fourth-order valence-corrected chi connectivity index (χ4v) is 5.30. The lowest BCUT2D eigenvalue weighted by Gasteiger charge is -2.46. The molecule has 0 bridgehead atoms. The summed E-state index contributed by atoms with van der Waals surface area (Å²) in [5, 5.41) is 0.653. The highest BCUT2D eigenvalue weighted by atomic mass is 35.5. The van der Waals surface area contributed by atoms with Crippen LogP contribution in [0.15, 0.2) is 48.5 Å². The molecule has 0 N–H and O–H groups in total. The third-order valence-corrected chi connectivity index (χ3v) is 7.24. The number of para-hydroxylation sites is 1. The number of ether oxygens (including phenoxy) is 1. The van der Waals surface area contributed by atoms with Crippen molar-refractivity contribution in [1.29, 1.82) is 0 Å². The van der Waals surface area contributed by atoms with E-state index < -0.39 is 18.2 Å². The van der Waals surface area contributed by atoms with Gasteiger partial charge in [-0.2, -0.15) is 0 Å². The third kappa shape index (κ3) is 3.80. The number of carbonyl (C=O) groups is 4. The van der Waals surface area contributed by atoms with Crippen LogP contribution in [0.25, 0.3) is 0 Å². The molecule has 1 unspecified atom stereocenters. The average molecular weight is 497 g/mol. The number of benzene rings is 2. The molecule has 0 aromatic heterocycles. The van der Waals surface area contributed by atoms with Crippen molar-refractivity contribution in [3.8, 4) is 0 Å². The van der Waals surface area contributed by atoms with Gasteiger partial charge in [-0.05, 0) is 30.3 Å². The molecule has 2 fully saturated rings. The molecule has 1 atom stereocenters. The Labute approximate surface area is 207 Å². The summed E-state index contributed by atoms with van der Waals surface area (Å²) in [6.07, 6.45) is 0.203. The standard InChI is InChI=1S/C25H25ClN4O5/c1-27-23(33)19-7-2-3-8-20(19)30-21(31)9-10-25(27,30)24(34)35-16-22(32)29-13-11-28(12-14-29)18-6-4-5-17(26)15-18/h2-8,15H,9-14,16H2,1H3. The van der Waals surface area contributed by atoms with E-state index in [1.165, 1.54) is 16.8 Å². The maximum atomic E-state index is 13.4. The third-order valence-electron chi connectivity index (χ3n) is 7.00. The van der Waals surface area contributed by atoms with Gasteiger partial charge >= 0.3 is 5.97 Å². The van der Waals surface area contributed by atoms with Crippen LogP contribution < -0.4 is 9.80 Å². The minimum absolute atomic E-state index is 0.0977. The normalized spacial score (nSPS) is 21.7. The lowest BCUT2D eigenvalue weighted by molar-refractivity contribution is -0.161. The molecule has 3 amide bonds. The molecule has 2 aromatic rings. The molecule has 0 spiro atoms. The van der Waals surface area contributed by atoms with Crippen molar-refractivity contribution >= 4 is 46.7 Å². The summed E-state index contributed by atoms with van der Waals surface area (Å²) in [4.78, 5) is 58.4. The van der Waals surface area contributed by atoms with E-state index in [9.17, 15) is 19.2 Å². The zero-order chi connectivity index (χ0) is 24.7. The minimum Gasteiger partial charge on any atom is -0.452 e. The second kappa shape index (κ2) is 8.88. The van der Waals surface area contributed by atoms with Gasteiger partial charge in [0.15, 0.2) is 6.61 Å². The highest BCUT2D eigenvalue weighted by Gasteiger charge is 2.60. The van der Waals surface area contributed by atoms with Crippen LogP contribution in [-0.2, 0) is 19.1 Å². The number of fused-ring (bicyclic) bond motifs is 3. The molecule has 0 saturated carbocycles. The largest absolute Gasteiger partial charge is 0.452 e. The van der Waals surface area contributed by atoms with Crippen LogP contribution in [0.1, 0.15) is 23.2 Å². The molecule has 2 saturated heterocycles. The minimum atomic E-state index is -1.59. The van der Waals surface area contributed by atoms with Gasteiger partial charge in [-0.15, -0.1) is 0 Å². The molecule has 35 heavy (non-hydrogen) atoms. The van der Waals surface area contributed by atoms with E-state index >= 15 is 0 Å². The van der Waals surface area contributed by atoms with Crippen LogP contribution in [0.5, 0.6) is 0 Å². The van der Waals surface area contributed by atoms with Gasteiger partial charge in [0.25, 0.3) is 11.8 Å². The number of esters is 1. The summed E-state index contributed by atoms with van der Waals surface area (Å²) < 4.78 is 5.46. The number of hydrogen-bond acceptors (Lipinski definition) is 6. The maximum absolute atomic E-state index is 13.4. The summed E-state index contributed by atoms with van der Waals surface area (Å²) in [7, 11) is 1.49. The van der Waals surface area contributed by atoms with Crippen molar-refractivity contribution < 1.29 is 23.9 Å². The fourth-order valence-electron chi connectivity index (χ4n) is 5.11. The molecule has 2 aromatic carbocycles. The van der Waals surface area contributed by atoms with Gasteiger partial charge < -0.3 is 19.4 Å². The summed E-state index contributed by atoms with van der Waals surface area (Å²) in [6.45, 7) is 1.75. The van der Waals surface area contributed by atoms with Crippen molar-refractivity contribution in [2.75, 3.05) is 49.6 Å². The molecule has 182 valence electrons. The first-order valence-electron chi connectivity index (χ1n) is 11.5. The van der Waals surface area contributed by atoms with Crippen molar-refractivity contribution in [2.24, 2.45) is 0 Å². The summed E-state index contributed by atoms with van der Waals surface area (Å²) in [5.74, 6) is -1.73.